The van der Waals surface area contributed by atoms with E-state index in [9.17, 15) is 0 Å². The molecule has 118 valence electrons. The molecule has 1 aliphatic heterocycles. The summed E-state index contributed by atoms with van der Waals surface area (Å²) in [4.78, 5) is 2.55. The highest BCUT2D eigenvalue weighted by Crippen LogP contribution is 2.24. The Kier molecular flexibility index (Phi) is 5.80. The molecule has 2 rings (SSSR count). The van der Waals surface area contributed by atoms with Crippen LogP contribution in [0.5, 0.6) is 0 Å². The summed E-state index contributed by atoms with van der Waals surface area (Å²) in [5.41, 5.74) is 2.77. The minimum absolute atomic E-state index is 0.316. The Morgan fingerprint density at radius 2 is 1.76 bits per heavy atom. The van der Waals surface area contributed by atoms with Crippen molar-refractivity contribution in [3.63, 3.8) is 0 Å². The van der Waals surface area contributed by atoms with Gasteiger partial charge in [-0.1, -0.05) is 31.2 Å². The van der Waals surface area contributed by atoms with Gasteiger partial charge in [0.05, 0.1) is 12.2 Å². The predicted molar refractivity (Wildman–Crippen MR) is 88.7 cm³/mol. The molecule has 0 radical (unpaired) electrons. The van der Waals surface area contributed by atoms with Crippen LogP contribution in [-0.4, -0.2) is 43.3 Å². The largest absolute Gasteiger partial charge is 0.373 e. The highest BCUT2D eigenvalue weighted by atomic mass is 16.5. The van der Waals surface area contributed by atoms with Gasteiger partial charge in [0, 0.05) is 25.2 Å². The number of hydrogen-bond donors (Lipinski definition) is 1. The van der Waals surface area contributed by atoms with E-state index in [2.05, 4.69) is 69.2 Å². The number of morpholine rings is 1. The number of nitrogens with one attached hydrogen (secondary N) is 1. The van der Waals surface area contributed by atoms with Gasteiger partial charge in [0.25, 0.3) is 0 Å². The van der Waals surface area contributed by atoms with Crippen molar-refractivity contribution in [2.45, 2.75) is 58.4 Å². The lowest BCUT2D eigenvalue weighted by Crippen LogP contribution is -2.52. The van der Waals surface area contributed by atoms with Crippen molar-refractivity contribution in [3.8, 4) is 0 Å². The van der Waals surface area contributed by atoms with Crippen molar-refractivity contribution in [2.75, 3.05) is 20.1 Å². The van der Waals surface area contributed by atoms with E-state index in [-0.39, 0.29) is 0 Å². The topological polar surface area (TPSA) is 24.5 Å². The first-order chi connectivity index (χ1) is 10.0. The van der Waals surface area contributed by atoms with Gasteiger partial charge in [-0.25, -0.2) is 0 Å². The van der Waals surface area contributed by atoms with E-state index in [1.807, 2.05) is 0 Å². The number of nitrogens with zero attached hydrogens (tertiary/aromatic N) is 1. The van der Waals surface area contributed by atoms with Crippen LogP contribution in [0.25, 0.3) is 0 Å². The summed E-state index contributed by atoms with van der Waals surface area (Å²) >= 11 is 0. The molecular weight excluding hydrogens is 260 g/mol. The molecule has 1 fully saturated rings. The number of ether oxygens (including phenoxy) is 1. The van der Waals surface area contributed by atoms with E-state index < -0.39 is 0 Å². The van der Waals surface area contributed by atoms with E-state index in [4.69, 9.17) is 4.74 Å². The normalized spacial score (nSPS) is 26.5. The standard InChI is InChI=1S/C18H30N2O/c1-6-16-7-9-17(10-8-16)18(19-5)15(4)20-11-13(2)21-14(3)12-20/h7-10,13-15,18-19H,6,11-12H2,1-5H3/t13-,14+,15?,18?. The van der Waals surface area contributed by atoms with E-state index in [0.717, 1.165) is 19.5 Å². The highest BCUT2D eigenvalue weighted by Gasteiger charge is 2.30. The van der Waals surface area contributed by atoms with E-state index >= 15 is 0 Å². The van der Waals surface area contributed by atoms with Crippen LogP contribution in [0.1, 0.15) is 44.9 Å². The van der Waals surface area contributed by atoms with Gasteiger partial charge in [-0.05, 0) is 45.4 Å². The van der Waals surface area contributed by atoms with Gasteiger partial charge in [0.15, 0.2) is 0 Å². The Balaban J connectivity index is 2.11. The van der Waals surface area contributed by atoms with Crippen molar-refractivity contribution < 1.29 is 4.74 Å². The maximum absolute atomic E-state index is 5.85. The average molecular weight is 290 g/mol. The van der Waals surface area contributed by atoms with E-state index in [0.29, 0.717) is 24.3 Å². The lowest BCUT2D eigenvalue weighted by Gasteiger charge is -2.41. The van der Waals surface area contributed by atoms with Gasteiger partial charge in [0.2, 0.25) is 0 Å². The lowest BCUT2D eigenvalue weighted by atomic mass is 9.97. The van der Waals surface area contributed by atoms with Crippen molar-refractivity contribution in [3.05, 3.63) is 35.4 Å². The van der Waals surface area contributed by atoms with Crippen LogP contribution in [0.4, 0.5) is 0 Å². The summed E-state index contributed by atoms with van der Waals surface area (Å²) in [6.45, 7) is 10.9. The van der Waals surface area contributed by atoms with Crippen molar-refractivity contribution in [1.82, 2.24) is 10.2 Å². The quantitative estimate of drug-likeness (QED) is 0.902. The second-order valence-electron chi connectivity index (χ2n) is 6.31. The minimum Gasteiger partial charge on any atom is -0.373 e. The SMILES string of the molecule is CCc1ccc(C(NC)C(C)N2C[C@@H](C)O[C@@H](C)C2)cc1. The first kappa shape index (κ1) is 16.5. The molecule has 3 heteroatoms. The van der Waals surface area contributed by atoms with Gasteiger partial charge in [-0.2, -0.15) is 0 Å². The van der Waals surface area contributed by atoms with Crippen LogP contribution in [0.15, 0.2) is 24.3 Å². The molecule has 0 aromatic heterocycles. The average Bonchev–Trinajstić information content (AvgIpc) is 2.47. The van der Waals surface area contributed by atoms with Crippen molar-refractivity contribution in [1.29, 1.82) is 0 Å². The lowest BCUT2D eigenvalue weighted by molar-refractivity contribution is -0.0820. The summed E-state index contributed by atoms with van der Waals surface area (Å²) in [7, 11) is 2.06. The molecule has 0 spiro atoms. The molecule has 0 saturated carbocycles. The van der Waals surface area contributed by atoms with Crippen LogP contribution in [0.2, 0.25) is 0 Å². The van der Waals surface area contributed by atoms with Crippen LogP contribution in [-0.2, 0) is 11.2 Å². The summed E-state index contributed by atoms with van der Waals surface area (Å²) in [6, 6.07) is 9.84. The molecule has 3 nitrogen and oxygen atoms in total. The summed E-state index contributed by atoms with van der Waals surface area (Å²) < 4.78 is 5.85. The second kappa shape index (κ2) is 7.39. The van der Waals surface area contributed by atoms with Crippen molar-refractivity contribution in [2.24, 2.45) is 0 Å². The maximum Gasteiger partial charge on any atom is 0.0678 e. The van der Waals surface area contributed by atoms with Crippen LogP contribution < -0.4 is 5.32 Å². The number of rotatable bonds is 5. The number of likely N-dealkylation sites (N-methyl/N-ethyl adjacent to an activating group) is 1. The maximum atomic E-state index is 5.85. The van der Waals surface area contributed by atoms with E-state index in [1.54, 1.807) is 0 Å². The molecular formula is C18H30N2O. The Morgan fingerprint density at radius 3 is 2.24 bits per heavy atom. The monoisotopic (exact) mass is 290 g/mol. The number of aryl methyl sites for hydroxylation is 1. The molecule has 1 saturated heterocycles. The summed E-state index contributed by atoms with van der Waals surface area (Å²) in [6.07, 6.45) is 1.73. The zero-order valence-electron chi connectivity index (χ0n) is 14.1. The zero-order chi connectivity index (χ0) is 15.4. The first-order valence-electron chi connectivity index (χ1n) is 8.20. The molecule has 1 aromatic rings. The highest BCUT2D eigenvalue weighted by molar-refractivity contribution is 5.26. The number of hydrogen-bond acceptors (Lipinski definition) is 3. The third-order valence-electron chi connectivity index (χ3n) is 4.56. The summed E-state index contributed by atoms with van der Waals surface area (Å²) in [5.74, 6) is 0. The smallest absolute Gasteiger partial charge is 0.0678 e. The Morgan fingerprint density at radius 1 is 1.19 bits per heavy atom. The zero-order valence-corrected chi connectivity index (χ0v) is 14.1. The first-order valence-corrected chi connectivity index (χ1v) is 8.20. The third-order valence-corrected chi connectivity index (χ3v) is 4.56. The predicted octanol–water partition coefficient (Wildman–Crippen LogP) is 3.01. The molecule has 21 heavy (non-hydrogen) atoms. The van der Waals surface area contributed by atoms with Crippen molar-refractivity contribution >= 4 is 0 Å². The number of benzene rings is 1. The Labute approximate surface area is 129 Å². The van der Waals surface area contributed by atoms with Gasteiger partial charge < -0.3 is 10.1 Å². The fraction of sp³-hybridized carbons (Fsp3) is 0.667. The van der Waals surface area contributed by atoms with Gasteiger partial charge in [0.1, 0.15) is 0 Å². The Bertz CT molecular complexity index is 421. The van der Waals surface area contributed by atoms with Crippen LogP contribution in [0.3, 0.4) is 0 Å². The van der Waals surface area contributed by atoms with Gasteiger partial charge >= 0.3 is 0 Å². The molecule has 0 amide bonds. The third kappa shape index (κ3) is 4.06. The molecule has 0 aliphatic carbocycles. The van der Waals surface area contributed by atoms with Crippen LogP contribution >= 0.6 is 0 Å². The molecule has 1 N–H and O–H groups in total. The molecule has 0 bridgehead atoms. The fourth-order valence-electron chi connectivity index (χ4n) is 3.41. The molecule has 4 atom stereocenters. The Hall–Kier alpha value is -0.900. The van der Waals surface area contributed by atoms with Gasteiger partial charge in [-0.15, -0.1) is 0 Å². The van der Waals surface area contributed by atoms with Gasteiger partial charge in [-0.3, -0.25) is 4.90 Å². The van der Waals surface area contributed by atoms with Crippen LogP contribution in [0, 0.1) is 0 Å². The summed E-state index contributed by atoms with van der Waals surface area (Å²) in [5, 5.41) is 3.50. The second-order valence-corrected chi connectivity index (χ2v) is 6.31. The minimum atomic E-state index is 0.316. The molecule has 1 heterocycles. The molecule has 1 aliphatic rings. The molecule has 1 aromatic carbocycles. The molecule has 2 unspecified atom stereocenters. The fourth-order valence-corrected chi connectivity index (χ4v) is 3.41. The van der Waals surface area contributed by atoms with E-state index in [1.165, 1.54) is 11.1 Å².